The standard InChI is InChI=1S/C16H20O5/c1-9-13(21-15(18)16(2,3)14(9)17)10-6-7-11(19-4)12(8-10)20-5/h6-9,13H,1-5H3. The molecule has 1 aliphatic heterocycles. The van der Waals surface area contributed by atoms with Crippen molar-refractivity contribution in [1.82, 2.24) is 0 Å². The van der Waals surface area contributed by atoms with Crippen LogP contribution >= 0.6 is 0 Å². The van der Waals surface area contributed by atoms with E-state index in [9.17, 15) is 9.59 Å². The van der Waals surface area contributed by atoms with E-state index in [1.807, 2.05) is 0 Å². The molecule has 0 aliphatic carbocycles. The summed E-state index contributed by atoms with van der Waals surface area (Å²) < 4.78 is 15.9. The van der Waals surface area contributed by atoms with Crippen LogP contribution in [0.25, 0.3) is 0 Å². The number of methoxy groups -OCH3 is 2. The van der Waals surface area contributed by atoms with Gasteiger partial charge in [0, 0.05) is 0 Å². The first-order valence-corrected chi connectivity index (χ1v) is 6.80. The molecule has 0 saturated carbocycles. The van der Waals surface area contributed by atoms with Crippen molar-refractivity contribution >= 4 is 11.8 Å². The summed E-state index contributed by atoms with van der Waals surface area (Å²) >= 11 is 0. The minimum absolute atomic E-state index is 0.112. The highest BCUT2D eigenvalue weighted by atomic mass is 16.5. The predicted molar refractivity (Wildman–Crippen MR) is 76.3 cm³/mol. The fourth-order valence-electron chi connectivity index (χ4n) is 2.56. The molecule has 2 rings (SSSR count). The summed E-state index contributed by atoms with van der Waals surface area (Å²) in [7, 11) is 3.08. The lowest BCUT2D eigenvalue weighted by molar-refractivity contribution is -0.178. The normalized spacial score (nSPS) is 24.4. The Kier molecular flexibility index (Phi) is 3.94. The van der Waals surface area contributed by atoms with Crippen LogP contribution in [0.5, 0.6) is 11.5 Å². The van der Waals surface area contributed by atoms with Gasteiger partial charge in [-0.2, -0.15) is 0 Å². The summed E-state index contributed by atoms with van der Waals surface area (Å²) in [6.07, 6.45) is -0.599. The number of cyclic esters (lactones) is 1. The van der Waals surface area contributed by atoms with Crippen molar-refractivity contribution in [3.8, 4) is 11.5 Å². The molecule has 1 saturated heterocycles. The number of ketones is 1. The number of esters is 1. The van der Waals surface area contributed by atoms with Crippen molar-refractivity contribution in [2.45, 2.75) is 26.9 Å². The Bertz CT molecular complexity index is 576. The minimum Gasteiger partial charge on any atom is -0.493 e. The van der Waals surface area contributed by atoms with Crippen LogP contribution in [0.4, 0.5) is 0 Å². The number of hydrogen-bond donors (Lipinski definition) is 0. The zero-order chi connectivity index (χ0) is 15.8. The van der Waals surface area contributed by atoms with Gasteiger partial charge in [-0.05, 0) is 31.5 Å². The minimum atomic E-state index is -1.09. The summed E-state index contributed by atoms with van der Waals surface area (Å²) in [4.78, 5) is 24.4. The number of benzene rings is 1. The van der Waals surface area contributed by atoms with Crippen LogP contribution in [-0.2, 0) is 14.3 Å². The fourth-order valence-corrected chi connectivity index (χ4v) is 2.56. The van der Waals surface area contributed by atoms with Crippen LogP contribution in [-0.4, -0.2) is 26.0 Å². The van der Waals surface area contributed by atoms with Gasteiger partial charge in [0.1, 0.15) is 11.5 Å². The molecule has 5 heteroatoms. The number of hydrogen-bond acceptors (Lipinski definition) is 5. The van der Waals surface area contributed by atoms with Crippen LogP contribution in [0.15, 0.2) is 18.2 Å². The van der Waals surface area contributed by atoms with Crippen molar-refractivity contribution < 1.29 is 23.8 Å². The molecule has 2 unspecified atom stereocenters. The Morgan fingerprint density at radius 3 is 2.29 bits per heavy atom. The van der Waals surface area contributed by atoms with E-state index in [1.54, 1.807) is 46.1 Å². The van der Waals surface area contributed by atoms with Gasteiger partial charge in [0.25, 0.3) is 0 Å². The first kappa shape index (κ1) is 15.4. The van der Waals surface area contributed by atoms with Crippen molar-refractivity contribution in [3.63, 3.8) is 0 Å². The highest BCUT2D eigenvalue weighted by Crippen LogP contribution is 2.41. The zero-order valence-electron chi connectivity index (χ0n) is 12.9. The first-order valence-electron chi connectivity index (χ1n) is 6.80. The second kappa shape index (κ2) is 5.39. The van der Waals surface area contributed by atoms with Gasteiger partial charge in [-0.1, -0.05) is 13.0 Å². The topological polar surface area (TPSA) is 61.8 Å². The maximum atomic E-state index is 12.4. The van der Waals surface area contributed by atoms with Crippen LogP contribution < -0.4 is 9.47 Å². The van der Waals surface area contributed by atoms with E-state index in [4.69, 9.17) is 14.2 Å². The Hall–Kier alpha value is -2.04. The van der Waals surface area contributed by atoms with E-state index in [2.05, 4.69) is 0 Å². The Balaban J connectivity index is 2.38. The monoisotopic (exact) mass is 292 g/mol. The molecule has 1 fully saturated rings. The molecule has 1 aliphatic rings. The van der Waals surface area contributed by atoms with Gasteiger partial charge in [0.05, 0.1) is 20.1 Å². The predicted octanol–water partition coefficient (Wildman–Crippen LogP) is 2.53. The smallest absolute Gasteiger partial charge is 0.319 e. The van der Waals surface area contributed by atoms with Gasteiger partial charge < -0.3 is 14.2 Å². The summed E-state index contributed by atoms with van der Waals surface area (Å²) in [6.45, 7) is 4.97. The van der Waals surface area contributed by atoms with E-state index in [-0.39, 0.29) is 5.78 Å². The van der Waals surface area contributed by atoms with Gasteiger partial charge in [0.15, 0.2) is 17.3 Å². The summed E-state index contributed by atoms with van der Waals surface area (Å²) in [5.41, 5.74) is -0.371. The molecule has 2 atom stereocenters. The molecule has 1 aromatic carbocycles. The zero-order valence-corrected chi connectivity index (χ0v) is 12.9. The third kappa shape index (κ3) is 2.48. The lowest BCUT2D eigenvalue weighted by atomic mass is 9.76. The van der Waals surface area contributed by atoms with Crippen LogP contribution in [0.3, 0.4) is 0 Å². The number of ether oxygens (including phenoxy) is 3. The molecule has 0 aromatic heterocycles. The Morgan fingerprint density at radius 1 is 1.10 bits per heavy atom. The molecule has 0 radical (unpaired) electrons. The molecule has 21 heavy (non-hydrogen) atoms. The first-order chi connectivity index (χ1) is 9.82. The number of Topliss-reactive ketones (excluding diaryl/α,β-unsaturated/α-hetero) is 1. The van der Waals surface area contributed by atoms with Crippen LogP contribution in [0.2, 0.25) is 0 Å². The lowest BCUT2D eigenvalue weighted by Crippen LogP contribution is -2.46. The third-order valence-corrected chi connectivity index (χ3v) is 3.96. The number of carbonyl (C=O) groups is 2. The van der Waals surface area contributed by atoms with Crippen molar-refractivity contribution in [2.24, 2.45) is 11.3 Å². The summed E-state index contributed by atoms with van der Waals surface area (Å²) in [5, 5.41) is 0. The molecule has 1 heterocycles. The van der Waals surface area contributed by atoms with E-state index in [1.165, 1.54) is 7.11 Å². The van der Waals surface area contributed by atoms with E-state index >= 15 is 0 Å². The van der Waals surface area contributed by atoms with Crippen LogP contribution in [0, 0.1) is 11.3 Å². The van der Waals surface area contributed by atoms with Gasteiger partial charge in [0.2, 0.25) is 0 Å². The molecule has 0 N–H and O–H groups in total. The van der Waals surface area contributed by atoms with Crippen LogP contribution in [0.1, 0.15) is 32.4 Å². The fraction of sp³-hybridized carbons (Fsp3) is 0.500. The highest BCUT2D eigenvalue weighted by Gasteiger charge is 2.49. The molecular formula is C16H20O5. The summed E-state index contributed by atoms with van der Waals surface area (Å²) in [5.74, 6) is 0.109. The molecule has 1 aromatic rings. The maximum Gasteiger partial charge on any atom is 0.319 e. The van der Waals surface area contributed by atoms with E-state index in [0.717, 1.165) is 5.56 Å². The molecular weight excluding hydrogens is 272 g/mol. The average molecular weight is 292 g/mol. The van der Waals surface area contributed by atoms with Gasteiger partial charge in [-0.3, -0.25) is 9.59 Å². The third-order valence-electron chi connectivity index (χ3n) is 3.96. The Morgan fingerprint density at radius 2 is 1.71 bits per heavy atom. The van der Waals surface area contributed by atoms with Crippen molar-refractivity contribution in [2.75, 3.05) is 14.2 Å². The number of carbonyl (C=O) groups excluding carboxylic acids is 2. The molecule has 5 nitrogen and oxygen atoms in total. The average Bonchev–Trinajstić information content (AvgIpc) is 2.48. The lowest BCUT2D eigenvalue weighted by Gasteiger charge is -2.36. The second-order valence-corrected chi connectivity index (χ2v) is 5.72. The second-order valence-electron chi connectivity index (χ2n) is 5.72. The summed E-state index contributed by atoms with van der Waals surface area (Å²) in [6, 6.07) is 5.25. The highest BCUT2D eigenvalue weighted by molar-refractivity contribution is 6.06. The van der Waals surface area contributed by atoms with Crippen molar-refractivity contribution in [3.05, 3.63) is 23.8 Å². The van der Waals surface area contributed by atoms with Crippen molar-refractivity contribution in [1.29, 1.82) is 0 Å². The Labute approximate surface area is 124 Å². The van der Waals surface area contributed by atoms with Gasteiger partial charge >= 0.3 is 5.97 Å². The largest absolute Gasteiger partial charge is 0.493 e. The molecule has 0 amide bonds. The maximum absolute atomic E-state index is 12.4. The van der Waals surface area contributed by atoms with E-state index < -0.39 is 23.4 Å². The quantitative estimate of drug-likeness (QED) is 0.633. The molecule has 0 bridgehead atoms. The van der Waals surface area contributed by atoms with Gasteiger partial charge in [-0.15, -0.1) is 0 Å². The van der Waals surface area contributed by atoms with Gasteiger partial charge in [-0.25, -0.2) is 0 Å². The SMILES string of the molecule is COc1ccc(C2OC(=O)C(C)(C)C(=O)C2C)cc1OC. The number of rotatable bonds is 3. The molecule has 0 spiro atoms. The molecule has 114 valence electrons. The van der Waals surface area contributed by atoms with E-state index in [0.29, 0.717) is 11.5 Å².